The van der Waals surface area contributed by atoms with Crippen molar-refractivity contribution < 1.29 is 4.74 Å². The summed E-state index contributed by atoms with van der Waals surface area (Å²) in [6.45, 7) is 3.53. The molecule has 2 aromatic rings. The molecule has 0 amide bonds. The summed E-state index contributed by atoms with van der Waals surface area (Å²) in [6, 6.07) is 12.5. The lowest BCUT2D eigenvalue weighted by molar-refractivity contribution is 0.122. The largest absolute Gasteiger partial charge is 0.378 e. The molecule has 0 aliphatic carbocycles. The molecule has 1 fully saturated rings. The fraction of sp³-hybridized carbons (Fsp3) is 0.353. The minimum absolute atomic E-state index is 0.502. The van der Waals surface area contributed by atoms with Crippen LogP contribution in [0.2, 0.25) is 0 Å². The van der Waals surface area contributed by atoms with Crippen LogP contribution in [-0.4, -0.2) is 42.8 Å². The van der Waals surface area contributed by atoms with Gasteiger partial charge in [-0.25, -0.2) is 9.97 Å². The van der Waals surface area contributed by atoms with Gasteiger partial charge >= 0.3 is 0 Å². The normalized spacial score (nSPS) is 14.3. The molecule has 1 aromatic carbocycles. The van der Waals surface area contributed by atoms with E-state index in [0.717, 1.165) is 26.1 Å². The Morgan fingerprint density at radius 2 is 1.96 bits per heavy atom. The van der Waals surface area contributed by atoms with E-state index in [9.17, 15) is 5.26 Å². The smallest absolute Gasteiger partial charge is 0.152 e. The van der Waals surface area contributed by atoms with Crippen LogP contribution in [0, 0.1) is 11.3 Å². The van der Waals surface area contributed by atoms with Crippen molar-refractivity contribution in [1.29, 1.82) is 5.26 Å². The van der Waals surface area contributed by atoms with Gasteiger partial charge in [0.25, 0.3) is 0 Å². The summed E-state index contributed by atoms with van der Waals surface area (Å²) in [4.78, 5) is 10.6. The second-order valence-corrected chi connectivity index (χ2v) is 5.29. The fourth-order valence-corrected chi connectivity index (χ4v) is 2.60. The minimum Gasteiger partial charge on any atom is -0.378 e. The van der Waals surface area contributed by atoms with E-state index in [0.29, 0.717) is 30.4 Å². The molecule has 1 N–H and O–H groups in total. The summed E-state index contributed by atoms with van der Waals surface area (Å²) in [5.41, 5.74) is 1.75. The zero-order valence-corrected chi connectivity index (χ0v) is 12.9. The molecule has 1 aliphatic rings. The van der Waals surface area contributed by atoms with Crippen molar-refractivity contribution in [3.05, 3.63) is 47.8 Å². The topological polar surface area (TPSA) is 74.1 Å². The third-order valence-corrected chi connectivity index (χ3v) is 3.80. The zero-order chi connectivity index (χ0) is 15.9. The van der Waals surface area contributed by atoms with Gasteiger partial charge in [0.1, 0.15) is 23.8 Å². The minimum atomic E-state index is 0.502. The third-order valence-electron chi connectivity index (χ3n) is 3.80. The van der Waals surface area contributed by atoms with E-state index in [-0.39, 0.29) is 0 Å². The highest BCUT2D eigenvalue weighted by atomic mass is 16.5. The van der Waals surface area contributed by atoms with Gasteiger partial charge in [0.05, 0.1) is 13.2 Å². The number of hydrogen-bond acceptors (Lipinski definition) is 6. The van der Waals surface area contributed by atoms with E-state index in [2.05, 4.69) is 38.4 Å². The molecule has 118 valence electrons. The van der Waals surface area contributed by atoms with Crippen molar-refractivity contribution in [2.45, 2.75) is 6.42 Å². The van der Waals surface area contributed by atoms with E-state index in [1.165, 1.54) is 11.9 Å². The zero-order valence-electron chi connectivity index (χ0n) is 12.9. The Morgan fingerprint density at radius 3 is 2.70 bits per heavy atom. The van der Waals surface area contributed by atoms with Crippen molar-refractivity contribution >= 4 is 11.6 Å². The number of nitrogens with zero attached hydrogens (tertiary/aromatic N) is 4. The van der Waals surface area contributed by atoms with E-state index >= 15 is 0 Å². The number of anilines is 2. The molecule has 0 saturated carbocycles. The first-order valence-electron chi connectivity index (χ1n) is 7.74. The van der Waals surface area contributed by atoms with Crippen LogP contribution in [0.3, 0.4) is 0 Å². The SMILES string of the molecule is N#Cc1c(NCCc2ccccc2)ncnc1N1CCOCC1. The van der Waals surface area contributed by atoms with Crippen LogP contribution >= 0.6 is 0 Å². The predicted molar refractivity (Wildman–Crippen MR) is 88.4 cm³/mol. The molecular weight excluding hydrogens is 290 g/mol. The Kier molecular flexibility index (Phi) is 5.02. The second kappa shape index (κ2) is 7.56. The summed E-state index contributed by atoms with van der Waals surface area (Å²) < 4.78 is 5.36. The van der Waals surface area contributed by atoms with Gasteiger partial charge < -0.3 is 15.0 Å². The van der Waals surface area contributed by atoms with E-state index in [4.69, 9.17) is 4.74 Å². The molecule has 0 radical (unpaired) electrons. The van der Waals surface area contributed by atoms with Crippen LogP contribution in [-0.2, 0) is 11.2 Å². The van der Waals surface area contributed by atoms with E-state index in [1.54, 1.807) is 0 Å². The van der Waals surface area contributed by atoms with Crippen LogP contribution in [0.4, 0.5) is 11.6 Å². The summed E-state index contributed by atoms with van der Waals surface area (Å²) in [5, 5.41) is 12.8. The maximum Gasteiger partial charge on any atom is 0.152 e. The lowest BCUT2D eigenvalue weighted by Crippen LogP contribution is -2.37. The van der Waals surface area contributed by atoms with Crippen LogP contribution in [0.25, 0.3) is 0 Å². The van der Waals surface area contributed by atoms with Crippen LogP contribution < -0.4 is 10.2 Å². The average molecular weight is 309 g/mol. The number of rotatable bonds is 5. The summed E-state index contributed by atoms with van der Waals surface area (Å²) in [6.07, 6.45) is 2.39. The van der Waals surface area contributed by atoms with Gasteiger partial charge in [0.15, 0.2) is 5.82 Å². The molecule has 2 heterocycles. The fourth-order valence-electron chi connectivity index (χ4n) is 2.60. The van der Waals surface area contributed by atoms with Gasteiger partial charge in [-0.1, -0.05) is 30.3 Å². The molecule has 0 unspecified atom stereocenters. The molecule has 0 atom stereocenters. The first kappa shape index (κ1) is 15.3. The molecular formula is C17H19N5O. The first-order chi connectivity index (χ1) is 11.4. The Morgan fingerprint density at radius 1 is 1.17 bits per heavy atom. The number of morpholine rings is 1. The van der Waals surface area contributed by atoms with Crippen molar-refractivity contribution in [3.8, 4) is 6.07 Å². The van der Waals surface area contributed by atoms with E-state index < -0.39 is 0 Å². The Balaban J connectivity index is 1.70. The number of nitriles is 1. The van der Waals surface area contributed by atoms with Crippen molar-refractivity contribution in [1.82, 2.24) is 9.97 Å². The second-order valence-electron chi connectivity index (χ2n) is 5.29. The van der Waals surface area contributed by atoms with E-state index in [1.807, 2.05) is 18.2 Å². The number of hydrogen-bond donors (Lipinski definition) is 1. The highest BCUT2D eigenvalue weighted by Crippen LogP contribution is 2.23. The molecule has 3 rings (SSSR count). The number of aromatic nitrogens is 2. The average Bonchev–Trinajstić information content (AvgIpc) is 2.63. The third kappa shape index (κ3) is 3.76. The van der Waals surface area contributed by atoms with Gasteiger partial charge in [-0.2, -0.15) is 5.26 Å². The quantitative estimate of drug-likeness (QED) is 0.908. The summed E-state index contributed by atoms with van der Waals surface area (Å²) in [5.74, 6) is 1.29. The Bertz CT molecular complexity index is 677. The lowest BCUT2D eigenvalue weighted by atomic mass is 10.1. The molecule has 1 aromatic heterocycles. The molecule has 1 aliphatic heterocycles. The van der Waals surface area contributed by atoms with Gasteiger partial charge in [0.2, 0.25) is 0 Å². The lowest BCUT2D eigenvalue weighted by Gasteiger charge is -2.28. The molecule has 0 spiro atoms. The standard InChI is InChI=1S/C17H19N5O/c18-12-15-16(19-7-6-14-4-2-1-3-5-14)20-13-21-17(15)22-8-10-23-11-9-22/h1-5,13H,6-11H2,(H,19,20,21). The first-order valence-corrected chi connectivity index (χ1v) is 7.74. The van der Waals surface area contributed by atoms with Crippen LogP contribution in [0.1, 0.15) is 11.1 Å². The number of nitrogens with one attached hydrogen (secondary N) is 1. The van der Waals surface area contributed by atoms with Crippen molar-refractivity contribution in [3.63, 3.8) is 0 Å². The number of ether oxygens (including phenoxy) is 1. The highest BCUT2D eigenvalue weighted by Gasteiger charge is 2.19. The molecule has 6 nitrogen and oxygen atoms in total. The summed E-state index contributed by atoms with van der Waals surface area (Å²) >= 11 is 0. The number of benzene rings is 1. The molecule has 0 bridgehead atoms. The molecule has 1 saturated heterocycles. The monoisotopic (exact) mass is 309 g/mol. The molecule has 23 heavy (non-hydrogen) atoms. The van der Waals surface area contributed by atoms with Gasteiger partial charge in [-0.15, -0.1) is 0 Å². The van der Waals surface area contributed by atoms with Gasteiger partial charge in [-0.05, 0) is 12.0 Å². The van der Waals surface area contributed by atoms with Crippen molar-refractivity contribution in [2.75, 3.05) is 43.1 Å². The van der Waals surface area contributed by atoms with Gasteiger partial charge in [0, 0.05) is 19.6 Å². The molecule has 6 heteroatoms. The highest BCUT2D eigenvalue weighted by molar-refractivity contribution is 5.65. The van der Waals surface area contributed by atoms with Crippen molar-refractivity contribution in [2.24, 2.45) is 0 Å². The van der Waals surface area contributed by atoms with Crippen LogP contribution in [0.5, 0.6) is 0 Å². The maximum absolute atomic E-state index is 9.52. The predicted octanol–water partition coefficient (Wildman–Crippen LogP) is 1.84. The van der Waals surface area contributed by atoms with Crippen LogP contribution in [0.15, 0.2) is 36.7 Å². The Hall–Kier alpha value is -2.65. The van der Waals surface area contributed by atoms with Gasteiger partial charge in [-0.3, -0.25) is 0 Å². The summed E-state index contributed by atoms with van der Waals surface area (Å²) in [7, 11) is 0. The Labute approximate surface area is 135 Å². The maximum atomic E-state index is 9.52.